The number of rotatable bonds is 4. The van der Waals surface area contributed by atoms with E-state index in [0.717, 1.165) is 0 Å². The highest BCUT2D eigenvalue weighted by atomic mass is 35.5. The summed E-state index contributed by atoms with van der Waals surface area (Å²) in [5, 5.41) is 4.28. The fourth-order valence-corrected chi connectivity index (χ4v) is 3.21. The van der Waals surface area contributed by atoms with E-state index in [0.29, 0.717) is 65.9 Å². The van der Waals surface area contributed by atoms with Gasteiger partial charge in [0.15, 0.2) is 11.5 Å². The third-order valence-electron chi connectivity index (χ3n) is 4.75. The van der Waals surface area contributed by atoms with Crippen molar-refractivity contribution >= 4 is 41.0 Å². The molecule has 1 aromatic carbocycles. The van der Waals surface area contributed by atoms with E-state index in [1.165, 1.54) is 12.5 Å². The van der Waals surface area contributed by atoms with Crippen molar-refractivity contribution in [2.24, 2.45) is 0 Å². The van der Waals surface area contributed by atoms with Crippen LogP contribution in [0.3, 0.4) is 0 Å². The molecule has 1 amide bonds. The smallest absolute Gasteiger partial charge is 0.258 e. The number of methoxy groups -OCH3 is 2. The molecule has 3 heterocycles. The number of carbonyl (C=O) groups excluding carboxylic acids is 1. The number of nitrogen functional groups attached to an aromatic ring is 1. The van der Waals surface area contributed by atoms with E-state index in [1.807, 2.05) is 4.90 Å². The molecule has 11 heteroatoms. The van der Waals surface area contributed by atoms with Gasteiger partial charge < -0.3 is 29.5 Å². The third kappa shape index (κ3) is 3.83. The van der Waals surface area contributed by atoms with Crippen LogP contribution in [0.5, 0.6) is 11.5 Å². The van der Waals surface area contributed by atoms with Crippen molar-refractivity contribution in [2.75, 3.05) is 51.0 Å². The monoisotopic (exact) mass is 420 g/mol. The summed E-state index contributed by atoms with van der Waals surface area (Å²) < 4.78 is 15.4. The summed E-state index contributed by atoms with van der Waals surface area (Å²) in [5.74, 6) is 1.93. The van der Waals surface area contributed by atoms with Gasteiger partial charge in [0.1, 0.15) is 12.1 Å². The van der Waals surface area contributed by atoms with Crippen LogP contribution in [0.4, 0.5) is 11.8 Å². The van der Waals surface area contributed by atoms with Gasteiger partial charge in [-0.05, 0) is 6.07 Å². The Kier molecular flexibility index (Phi) is 5.92. The first-order chi connectivity index (χ1) is 13.6. The molecule has 0 atom stereocenters. The van der Waals surface area contributed by atoms with E-state index in [9.17, 15) is 4.79 Å². The van der Waals surface area contributed by atoms with Gasteiger partial charge in [-0.3, -0.25) is 4.79 Å². The van der Waals surface area contributed by atoms with Crippen LogP contribution in [0.2, 0.25) is 0 Å². The number of nitrogens with two attached hydrogens (primary N) is 1. The van der Waals surface area contributed by atoms with Crippen molar-refractivity contribution in [1.29, 1.82) is 0 Å². The molecule has 0 radical (unpaired) electrons. The van der Waals surface area contributed by atoms with E-state index in [-0.39, 0.29) is 18.3 Å². The Hall–Kier alpha value is -3.27. The summed E-state index contributed by atoms with van der Waals surface area (Å²) in [5.41, 5.74) is 7.28. The topological polar surface area (TPSA) is 120 Å². The molecule has 1 saturated heterocycles. The lowest BCUT2D eigenvalue weighted by Crippen LogP contribution is -2.49. The zero-order chi connectivity index (χ0) is 19.7. The zero-order valence-electron chi connectivity index (χ0n) is 16.0. The summed E-state index contributed by atoms with van der Waals surface area (Å²) >= 11 is 0. The van der Waals surface area contributed by atoms with Crippen LogP contribution in [-0.4, -0.2) is 66.3 Å². The van der Waals surface area contributed by atoms with Gasteiger partial charge in [0.25, 0.3) is 5.91 Å². The van der Waals surface area contributed by atoms with Crippen molar-refractivity contribution in [2.45, 2.75) is 0 Å². The van der Waals surface area contributed by atoms with Crippen molar-refractivity contribution in [3.63, 3.8) is 0 Å². The minimum atomic E-state index is -0.100. The normalized spacial score (nSPS) is 13.9. The Balaban J connectivity index is 0.00000240. The minimum absolute atomic E-state index is 0. The van der Waals surface area contributed by atoms with E-state index in [4.69, 9.17) is 19.7 Å². The van der Waals surface area contributed by atoms with Gasteiger partial charge in [0.05, 0.1) is 31.5 Å². The predicted molar refractivity (Wildman–Crippen MR) is 109 cm³/mol. The van der Waals surface area contributed by atoms with Gasteiger partial charge in [-0.15, -0.1) is 12.4 Å². The van der Waals surface area contributed by atoms with E-state index in [1.54, 1.807) is 31.3 Å². The van der Waals surface area contributed by atoms with Gasteiger partial charge in [0.2, 0.25) is 5.95 Å². The first kappa shape index (κ1) is 20.5. The number of halogens is 1. The number of piperazine rings is 1. The highest BCUT2D eigenvalue weighted by molar-refractivity contribution is 5.94. The number of nitrogens with zero attached hydrogens (tertiary/aromatic N) is 5. The summed E-state index contributed by atoms with van der Waals surface area (Å²) in [6.07, 6.45) is 2.77. The number of aromatic nitrogens is 3. The van der Waals surface area contributed by atoms with Crippen LogP contribution in [-0.2, 0) is 0 Å². The highest BCUT2D eigenvalue weighted by Gasteiger charge is 2.25. The summed E-state index contributed by atoms with van der Waals surface area (Å²) in [6, 6.07) is 3.55. The lowest BCUT2D eigenvalue weighted by molar-refractivity contribution is 0.0745. The molecule has 0 aliphatic carbocycles. The quantitative estimate of drug-likeness (QED) is 0.670. The van der Waals surface area contributed by atoms with E-state index >= 15 is 0 Å². The van der Waals surface area contributed by atoms with Crippen molar-refractivity contribution in [3.05, 3.63) is 30.2 Å². The number of carbonyl (C=O) groups is 1. The maximum Gasteiger partial charge on any atom is 0.258 e. The van der Waals surface area contributed by atoms with Gasteiger partial charge in [-0.1, -0.05) is 5.16 Å². The maximum atomic E-state index is 12.4. The van der Waals surface area contributed by atoms with E-state index < -0.39 is 0 Å². The fourth-order valence-electron chi connectivity index (χ4n) is 3.21. The number of ether oxygens (including phenoxy) is 2. The molecule has 1 aliphatic rings. The molecule has 0 saturated carbocycles. The van der Waals surface area contributed by atoms with Crippen LogP contribution < -0.4 is 20.1 Å². The molecule has 1 fully saturated rings. The molecule has 0 bridgehead atoms. The molecular formula is C18H21ClN6O4. The maximum absolute atomic E-state index is 12.4. The zero-order valence-corrected chi connectivity index (χ0v) is 16.8. The third-order valence-corrected chi connectivity index (χ3v) is 4.75. The average Bonchev–Trinajstić information content (AvgIpc) is 3.27. The molecule has 1 aliphatic heterocycles. The lowest BCUT2D eigenvalue weighted by atomic mass is 10.2. The Labute approximate surface area is 173 Å². The molecule has 4 rings (SSSR count). The molecule has 29 heavy (non-hydrogen) atoms. The van der Waals surface area contributed by atoms with Gasteiger partial charge in [-0.25, -0.2) is 4.98 Å². The number of hydrogen-bond acceptors (Lipinski definition) is 9. The molecule has 3 aromatic rings. The SMILES string of the molecule is COc1cc2nc(N3CCN(C(=O)c4cnoc4)CC3)nc(N)c2cc1OC.Cl. The first-order valence-electron chi connectivity index (χ1n) is 8.73. The van der Waals surface area contributed by atoms with Crippen LogP contribution in [0.15, 0.2) is 29.1 Å². The summed E-state index contributed by atoms with van der Waals surface area (Å²) in [7, 11) is 3.14. The van der Waals surface area contributed by atoms with Crippen molar-refractivity contribution < 1.29 is 18.8 Å². The molecule has 154 valence electrons. The largest absolute Gasteiger partial charge is 0.493 e. The van der Waals surface area contributed by atoms with Crippen LogP contribution >= 0.6 is 12.4 Å². The Morgan fingerprint density at radius 2 is 1.79 bits per heavy atom. The number of amides is 1. The van der Waals surface area contributed by atoms with Gasteiger partial charge in [-0.2, -0.15) is 4.98 Å². The number of hydrogen-bond donors (Lipinski definition) is 1. The number of fused-ring (bicyclic) bond motifs is 1. The Bertz CT molecular complexity index is 1010. The predicted octanol–water partition coefficient (Wildman–Crippen LogP) is 1.60. The lowest BCUT2D eigenvalue weighted by Gasteiger charge is -2.34. The molecule has 0 spiro atoms. The average molecular weight is 421 g/mol. The molecular weight excluding hydrogens is 400 g/mol. The van der Waals surface area contributed by atoms with E-state index in [2.05, 4.69) is 15.1 Å². The number of anilines is 2. The molecule has 0 unspecified atom stereocenters. The van der Waals surface area contributed by atoms with Gasteiger partial charge >= 0.3 is 0 Å². The molecule has 10 nitrogen and oxygen atoms in total. The second kappa shape index (κ2) is 8.39. The van der Waals surface area contributed by atoms with Crippen LogP contribution in [0.1, 0.15) is 10.4 Å². The van der Waals surface area contributed by atoms with Crippen molar-refractivity contribution in [3.8, 4) is 11.5 Å². The Morgan fingerprint density at radius 3 is 2.41 bits per heavy atom. The van der Waals surface area contributed by atoms with Crippen molar-refractivity contribution in [1.82, 2.24) is 20.0 Å². The standard InChI is InChI=1S/C18H20N6O4.ClH/c1-26-14-7-12-13(8-15(14)27-2)21-18(22-16(12)19)24-5-3-23(4-6-24)17(25)11-9-20-28-10-11;/h7-10H,3-6H2,1-2H3,(H2,19,21,22);1H. The summed E-state index contributed by atoms with van der Waals surface area (Å²) in [4.78, 5) is 25.2. The van der Waals surface area contributed by atoms with Crippen LogP contribution in [0.25, 0.3) is 10.9 Å². The fraction of sp³-hybridized carbons (Fsp3) is 0.333. The summed E-state index contributed by atoms with van der Waals surface area (Å²) in [6.45, 7) is 2.26. The first-order valence-corrected chi connectivity index (χ1v) is 8.73. The molecule has 2 N–H and O–H groups in total. The minimum Gasteiger partial charge on any atom is -0.493 e. The van der Waals surface area contributed by atoms with Gasteiger partial charge in [0, 0.05) is 37.6 Å². The Morgan fingerprint density at radius 1 is 1.10 bits per heavy atom. The number of benzene rings is 1. The highest BCUT2D eigenvalue weighted by Crippen LogP contribution is 2.34. The second-order valence-corrected chi connectivity index (χ2v) is 6.33. The van der Waals surface area contributed by atoms with Crippen LogP contribution in [0, 0.1) is 0 Å². The molecule has 2 aromatic heterocycles. The second-order valence-electron chi connectivity index (χ2n) is 6.33.